The number of hydrogen-bond acceptors (Lipinski definition) is 4. The fourth-order valence-electron chi connectivity index (χ4n) is 3.75. The number of halogens is 1. The SMILES string of the molecule is O=C(/C=C/c1ccc(F)cc1)NCCCNCC1CCc2ccc3c(c2)CC(O3)O1. The van der Waals surface area contributed by atoms with Gasteiger partial charge in [0.2, 0.25) is 12.2 Å². The van der Waals surface area contributed by atoms with E-state index in [1.165, 1.54) is 29.3 Å². The predicted molar refractivity (Wildman–Crippen MR) is 114 cm³/mol. The van der Waals surface area contributed by atoms with Gasteiger partial charge in [-0.1, -0.05) is 24.3 Å². The van der Waals surface area contributed by atoms with Crippen LogP contribution < -0.4 is 15.4 Å². The first-order valence-electron chi connectivity index (χ1n) is 10.5. The average molecular weight is 410 g/mol. The summed E-state index contributed by atoms with van der Waals surface area (Å²) in [6.45, 7) is 2.15. The lowest BCUT2D eigenvalue weighted by molar-refractivity contribution is -0.116. The van der Waals surface area contributed by atoms with Crippen molar-refractivity contribution in [2.75, 3.05) is 19.6 Å². The van der Waals surface area contributed by atoms with Crippen LogP contribution in [0, 0.1) is 5.82 Å². The Morgan fingerprint density at radius 3 is 2.90 bits per heavy atom. The fraction of sp³-hybridized carbons (Fsp3) is 0.375. The van der Waals surface area contributed by atoms with Gasteiger partial charge >= 0.3 is 0 Å². The Labute approximate surface area is 176 Å². The van der Waals surface area contributed by atoms with Gasteiger partial charge < -0.3 is 20.1 Å². The number of amides is 1. The van der Waals surface area contributed by atoms with Crippen LogP contribution in [0.5, 0.6) is 5.75 Å². The first kappa shape index (κ1) is 20.6. The van der Waals surface area contributed by atoms with Crippen LogP contribution in [0.4, 0.5) is 4.39 Å². The maximum absolute atomic E-state index is 12.9. The largest absolute Gasteiger partial charge is 0.464 e. The molecule has 2 unspecified atom stereocenters. The zero-order valence-electron chi connectivity index (χ0n) is 16.9. The number of nitrogens with one attached hydrogen (secondary N) is 2. The Morgan fingerprint density at radius 2 is 2.03 bits per heavy atom. The first-order valence-corrected chi connectivity index (χ1v) is 10.5. The number of carbonyl (C=O) groups is 1. The van der Waals surface area contributed by atoms with Crippen molar-refractivity contribution in [1.82, 2.24) is 10.6 Å². The lowest BCUT2D eigenvalue weighted by atomic mass is 10.0. The van der Waals surface area contributed by atoms with Crippen molar-refractivity contribution in [3.63, 3.8) is 0 Å². The highest BCUT2D eigenvalue weighted by atomic mass is 19.1. The van der Waals surface area contributed by atoms with Crippen molar-refractivity contribution in [3.8, 4) is 5.75 Å². The third-order valence-electron chi connectivity index (χ3n) is 5.37. The second kappa shape index (κ2) is 9.87. The molecule has 2 aromatic carbocycles. The molecule has 5 nitrogen and oxygen atoms in total. The number of aryl methyl sites for hydroxylation is 1. The summed E-state index contributed by atoms with van der Waals surface area (Å²) in [7, 11) is 0. The van der Waals surface area contributed by atoms with E-state index in [0.29, 0.717) is 6.54 Å². The summed E-state index contributed by atoms with van der Waals surface area (Å²) >= 11 is 0. The summed E-state index contributed by atoms with van der Waals surface area (Å²) in [4.78, 5) is 11.9. The Hall–Kier alpha value is -2.70. The van der Waals surface area contributed by atoms with E-state index in [1.807, 2.05) is 0 Å². The molecular weight excluding hydrogens is 383 g/mol. The van der Waals surface area contributed by atoms with Crippen LogP contribution in [0.25, 0.3) is 6.08 Å². The third kappa shape index (κ3) is 5.68. The van der Waals surface area contributed by atoms with Crippen molar-refractivity contribution in [1.29, 1.82) is 0 Å². The number of hydrogen-bond donors (Lipinski definition) is 2. The molecule has 0 aliphatic carbocycles. The van der Waals surface area contributed by atoms with Crippen molar-refractivity contribution < 1.29 is 18.7 Å². The molecule has 0 spiro atoms. The van der Waals surface area contributed by atoms with Gasteiger partial charge in [-0.05, 0) is 61.2 Å². The molecule has 2 aromatic rings. The molecule has 6 heteroatoms. The van der Waals surface area contributed by atoms with Crippen LogP contribution in [0.3, 0.4) is 0 Å². The Bertz CT molecular complexity index is 898. The minimum atomic E-state index is -0.289. The predicted octanol–water partition coefficient (Wildman–Crippen LogP) is 3.23. The van der Waals surface area contributed by atoms with Gasteiger partial charge in [-0.25, -0.2) is 4.39 Å². The van der Waals surface area contributed by atoms with E-state index < -0.39 is 0 Å². The molecule has 0 saturated heterocycles. The smallest absolute Gasteiger partial charge is 0.243 e. The van der Waals surface area contributed by atoms with Crippen molar-refractivity contribution >= 4 is 12.0 Å². The highest BCUT2D eigenvalue weighted by molar-refractivity contribution is 5.91. The number of fused-ring (bicyclic) bond motifs is 2. The van der Waals surface area contributed by atoms with E-state index in [1.54, 1.807) is 18.2 Å². The maximum Gasteiger partial charge on any atom is 0.243 e. The van der Waals surface area contributed by atoms with Crippen LogP contribution in [0.15, 0.2) is 48.5 Å². The molecule has 3 bridgehead atoms. The molecule has 2 aliphatic heterocycles. The van der Waals surface area contributed by atoms with Gasteiger partial charge in [0.15, 0.2) is 0 Å². The van der Waals surface area contributed by atoms with Crippen molar-refractivity contribution in [3.05, 3.63) is 71.0 Å². The lowest BCUT2D eigenvalue weighted by Gasteiger charge is -2.23. The normalized spacial score (nSPS) is 19.9. The number of carbonyl (C=O) groups excluding carboxylic acids is 1. The standard InChI is InChI=1S/C24H27FN2O3/c25-20-7-2-17(3-8-20)6-11-23(28)27-13-1-12-26-16-21-9-4-18-5-10-22-19(14-18)15-24(29-21)30-22/h2-3,5-8,10-11,14,21,24,26H,1,4,9,12-13,15-16H2,(H,27,28)/b11-6+. The van der Waals surface area contributed by atoms with Gasteiger partial charge in [0.25, 0.3) is 0 Å². The van der Waals surface area contributed by atoms with Crippen LogP contribution in [-0.4, -0.2) is 37.9 Å². The summed E-state index contributed by atoms with van der Waals surface area (Å²) in [5, 5.41) is 6.28. The van der Waals surface area contributed by atoms with Gasteiger partial charge in [-0.15, -0.1) is 0 Å². The minimum absolute atomic E-state index is 0.108. The molecule has 158 valence electrons. The maximum atomic E-state index is 12.9. The summed E-state index contributed by atoms with van der Waals surface area (Å²) in [6.07, 6.45) is 6.66. The van der Waals surface area contributed by atoms with Crippen LogP contribution in [-0.2, 0) is 22.4 Å². The summed E-state index contributed by atoms with van der Waals surface area (Å²) < 4.78 is 24.9. The third-order valence-corrected chi connectivity index (χ3v) is 5.37. The van der Waals surface area contributed by atoms with E-state index in [0.717, 1.165) is 50.1 Å². The van der Waals surface area contributed by atoms with Gasteiger partial charge in [-0.2, -0.15) is 0 Å². The molecule has 2 aliphatic rings. The zero-order valence-corrected chi connectivity index (χ0v) is 16.9. The van der Waals surface area contributed by atoms with Crippen LogP contribution >= 0.6 is 0 Å². The second-order valence-electron chi connectivity index (χ2n) is 7.72. The molecule has 4 rings (SSSR count). The molecule has 30 heavy (non-hydrogen) atoms. The Morgan fingerprint density at radius 1 is 1.17 bits per heavy atom. The molecule has 2 heterocycles. The van der Waals surface area contributed by atoms with E-state index in [9.17, 15) is 9.18 Å². The molecule has 2 N–H and O–H groups in total. The van der Waals surface area contributed by atoms with E-state index in [-0.39, 0.29) is 24.1 Å². The van der Waals surface area contributed by atoms with Gasteiger partial charge in [-0.3, -0.25) is 4.79 Å². The topological polar surface area (TPSA) is 59.6 Å². The van der Waals surface area contributed by atoms with Crippen LogP contribution in [0.1, 0.15) is 29.5 Å². The second-order valence-corrected chi connectivity index (χ2v) is 7.72. The average Bonchev–Trinajstić information content (AvgIpc) is 3.17. The van der Waals surface area contributed by atoms with Crippen molar-refractivity contribution in [2.45, 2.75) is 38.1 Å². The quantitative estimate of drug-likeness (QED) is 0.518. The summed E-state index contributed by atoms with van der Waals surface area (Å²) in [6, 6.07) is 12.4. The van der Waals surface area contributed by atoms with Gasteiger partial charge in [0.05, 0.1) is 6.10 Å². The summed E-state index contributed by atoms with van der Waals surface area (Å²) in [5.74, 6) is 0.503. The van der Waals surface area contributed by atoms with Crippen molar-refractivity contribution in [2.24, 2.45) is 0 Å². The monoisotopic (exact) mass is 410 g/mol. The first-order chi connectivity index (χ1) is 14.7. The number of benzene rings is 2. The Balaban J connectivity index is 1.12. The van der Waals surface area contributed by atoms with E-state index in [2.05, 4.69) is 28.8 Å². The summed E-state index contributed by atoms with van der Waals surface area (Å²) in [5.41, 5.74) is 3.37. The van der Waals surface area contributed by atoms with Crippen LogP contribution in [0.2, 0.25) is 0 Å². The van der Waals surface area contributed by atoms with E-state index in [4.69, 9.17) is 9.47 Å². The molecule has 0 aromatic heterocycles. The van der Waals surface area contributed by atoms with E-state index >= 15 is 0 Å². The van der Waals surface area contributed by atoms with Gasteiger partial charge in [0, 0.05) is 31.1 Å². The minimum Gasteiger partial charge on any atom is -0.464 e. The fourth-order valence-corrected chi connectivity index (χ4v) is 3.75. The molecule has 0 radical (unpaired) electrons. The molecule has 0 fully saturated rings. The number of rotatable bonds is 8. The highest BCUT2D eigenvalue weighted by Crippen LogP contribution is 2.32. The molecular formula is C24H27FN2O3. The number of ether oxygens (including phenoxy) is 2. The highest BCUT2D eigenvalue weighted by Gasteiger charge is 2.28. The molecule has 2 atom stereocenters. The molecule has 1 amide bonds. The lowest BCUT2D eigenvalue weighted by Crippen LogP contribution is -2.35. The zero-order chi connectivity index (χ0) is 20.8. The Kier molecular flexibility index (Phi) is 6.77. The molecule has 0 saturated carbocycles. The van der Waals surface area contributed by atoms with Gasteiger partial charge in [0.1, 0.15) is 11.6 Å².